The van der Waals surface area contributed by atoms with Crippen LogP contribution in [0.2, 0.25) is 10.0 Å². The first-order valence-electron chi connectivity index (χ1n) is 8.47. The van der Waals surface area contributed by atoms with E-state index in [4.69, 9.17) is 34.8 Å². The van der Waals surface area contributed by atoms with Gasteiger partial charge in [0.2, 0.25) is 5.01 Å². The lowest BCUT2D eigenvalue weighted by atomic mass is 10.2. The van der Waals surface area contributed by atoms with Crippen LogP contribution in [0.5, 0.6) is 0 Å². The molecule has 0 aliphatic carbocycles. The van der Waals surface area contributed by atoms with Crippen LogP contribution < -0.4 is 5.32 Å². The monoisotopic (exact) mass is 492 g/mol. The van der Waals surface area contributed by atoms with Gasteiger partial charge in [-0.2, -0.15) is 0 Å². The molecule has 0 spiro atoms. The van der Waals surface area contributed by atoms with Crippen molar-refractivity contribution < 1.29 is 4.79 Å². The predicted molar refractivity (Wildman–Crippen MR) is 126 cm³/mol. The van der Waals surface area contributed by atoms with Gasteiger partial charge in [0.25, 0.3) is 5.91 Å². The van der Waals surface area contributed by atoms with Crippen LogP contribution in [-0.2, 0) is 0 Å². The molecular formula is C20H11Cl3N4OS2. The van der Waals surface area contributed by atoms with Crippen LogP contribution in [0.1, 0.15) is 20.5 Å². The minimum atomic E-state index is -0.371. The molecule has 2 aromatic carbocycles. The highest BCUT2D eigenvalue weighted by Crippen LogP contribution is 2.29. The third-order valence-corrected chi connectivity index (χ3v) is 6.58. The summed E-state index contributed by atoms with van der Waals surface area (Å²) < 4.78 is 0. The van der Waals surface area contributed by atoms with Gasteiger partial charge in [0.1, 0.15) is 5.01 Å². The van der Waals surface area contributed by atoms with Crippen molar-refractivity contribution in [1.29, 1.82) is 0 Å². The summed E-state index contributed by atoms with van der Waals surface area (Å²) in [6, 6.07) is 14.2. The number of amides is 1. The summed E-state index contributed by atoms with van der Waals surface area (Å²) in [6.45, 7) is 0. The molecule has 0 fully saturated rings. The number of rotatable bonds is 5. The quantitative estimate of drug-likeness (QED) is 0.326. The SMILES string of the molecule is O=C(Nc1ccc(Cl)cc1)c1nnc(/C(Cl)=C/c2csc(-c3ccc(Cl)cc3)n2)s1. The van der Waals surface area contributed by atoms with Gasteiger partial charge in [-0.15, -0.1) is 21.5 Å². The van der Waals surface area contributed by atoms with Crippen LogP contribution in [0.25, 0.3) is 21.7 Å². The summed E-state index contributed by atoms with van der Waals surface area (Å²) in [5.41, 5.74) is 2.27. The van der Waals surface area contributed by atoms with Gasteiger partial charge in [0, 0.05) is 26.7 Å². The van der Waals surface area contributed by atoms with Crippen molar-refractivity contribution in [2.24, 2.45) is 0 Å². The van der Waals surface area contributed by atoms with Gasteiger partial charge in [0.05, 0.1) is 10.7 Å². The minimum absolute atomic E-state index is 0.201. The van der Waals surface area contributed by atoms with Crippen molar-refractivity contribution in [3.05, 3.63) is 79.7 Å². The Hall–Kier alpha value is -2.29. The highest BCUT2D eigenvalue weighted by atomic mass is 35.5. The van der Waals surface area contributed by atoms with E-state index in [1.165, 1.54) is 11.3 Å². The summed E-state index contributed by atoms with van der Waals surface area (Å²) in [4.78, 5) is 16.9. The predicted octanol–water partition coefficient (Wildman–Crippen LogP) is 6.96. The van der Waals surface area contributed by atoms with Crippen LogP contribution in [0, 0.1) is 0 Å². The van der Waals surface area contributed by atoms with E-state index >= 15 is 0 Å². The molecule has 0 unspecified atom stereocenters. The second-order valence-electron chi connectivity index (χ2n) is 5.95. The molecule has 0 saturated carbocycles. The highest BCUT2D eigenvalue weighted by Gasteiger charge is 2.15. The van der Waals surface area contributed by atoms with Gasteiger partial charge < -0.3 is 5.32 Å². The lowest BCUT2D eigenvalue weighted by Gasteiger charge is -2.01. The molecular weight excluding hydrogens is 483 g/mol. The van der Waals surface area contributed by atoms with E-state index < -0.39 is 0 Å². The number of halogens is 3. The Morgan fingerprint density at radius 2 is 1.57 bits per heavy atom. The van der Waals surface area contributed by atoms with Crippen LogP contribution in [0.4, 0.5) is 5.69 Å². The Bertz CT molecular complexity index is 1220. The summed E-state index contributed by atoms with van der Waals surface area (Å²) in [7, 11) is 0. The van der Waals surface area contributed by atoms with Crippen molar-refractivity contribution in [3.63, 3.8) is 0 Å². The molecule has 0 saturated heterocycles. The molecule has 0 atom stereocenters. The van der Waals surface area contributed by atoms with Crippen LogP contribution in [0.15, 0.2) is 53.9 Å². The van der Waals surface area contributed by atoms with Gasteiger partial charge in [-0.1, -0.05) is 58.3 Å². The lowest BCUT2D eigenvalue weighted by Crippen LogP contribution is -2.11. The molecule has 2 heterocycles. The van der Waals surface area contributed by atoms with Crippen molar-refractivity contribution in [3.8, 4) is 10.6 Å². The molecule has 0 bridgehead atoms. The normalized spacial score (nSPS) is 11.5. The zero-order valence-electron chi connectivity index (χ0n) is 15.0. The van der Waals surface area contributed by atoms with Gasteiger partial charge in [-0.25, -0.2) is 4.98 Å². The summed E-state index contributed by atoms with van der Waals surface area (Å²) in [5, 5.41) is 15.7. The van der Waals surface area contributed by atoms with Crippen LogP contribution in [0.3, 0.4) is 0 Å². The highest BCUT2D eigenvalue weighted by molar-refractivity contribution is 7.15. The lowest BCUT2D eigenvalue weighted by molar-refractivity contribution is 0.102. The van der Waals surface area contributed by atoms with E-state index in [0.29, 0.717) is 31.5 Å². The zero-order valence-corrected chi connectivity index (χ0v) is 18.9. The van der Waals surface area contributed by atoms with Crippen LogP contribution in [-0.4, -0.2) is 21.1 Å². The fourth-order valence-corrected chi connectivity index (χ4v) is 4.35. The summed E-state index contributed by atoms with van der Waals surface area (Å²) >= 11 is 20.7. The molecule has 0 radical (unpaired) electrons. The topological polar surface area (TPSA) is 67.8 Å². The molecule has 30 heavy (non-hydrogen) atoms. The Morgan fingerprint density at radius 3 is 2.27 bits per heavy atom. The summed E-state index contributed by atoms with van der Waals surface area (Å²) in [5.74, 6) is -0.371. The average Bonchev–Trinajstić information content (AvgIpc) is 3.40. The van der Waals surface area contributed by atoms with Crippen LogP contribution >= 0.6 is 57.5 Å². The largest absolute Gasteiger partial charge is 0.320 e. The summed E-state index contributed by atoms with van der Waals surface area (Å²) in [6.07, 6.45) is 1.69. The molecule has 0 aliphatic heterocycles. The first-order chi connectivity index (χ1) is 14.5. The molecule has 4 rings (SSSR count). The Labute approximate surface area is 195 Å². The number of nitrogens with one attached hydrogen (secondary N) is 1. The van der Waals surface area contributed by atoms with E-state index in [1.807, 2.05) is 29.6 Å². The number of anilines is 1. The molecule has 0 aliphatic rings. The number of nitrogens with zero attached hydrogens (tertiary/aromatic N) is 3. The third-order valence-electron chi connectivity index (χ3n) is 3.81. The van der Waals surface area contributed by atoms with E-state index in [-0.39, 0.29) is 10.9 Å². The maximum atomic E-state index is 12.4. The molecule has 5 nitrogen and oxygen atoms in total. The van der Waals surface area contributed by atoms with Gasteiger partial charge in [-0.05, 0) is 42.5 Å². The minimum Gasteiger partial charge on any atom is -0.320 e. The van der Waals surface area contributed by atoms with E-state index in [1.54, 1.807) is 30.3 Å². The fourth-order valence-electron chi connectivity index (χ4n) is 2.40. The van der Waals surface area contributed by atoms with Crippen molar-refractivity contribution >= 4 is 80.2 Å². The second-order valence-corrected chi connectivity index (χ2v) is 9.07. The number of aromatic nitrogens is 3. The second kappa shape index (κ2) is 9.24. The molecule has 10 heteroatoms. The molecule has 1 N–H and O–H groups in total. The van der Waals surface area contributed by atoms with E-state index in [2.05, 4.69) is 20.5 Å². The van der Waals surface area contributed by atoms with Gasteiger partial charge >= 0.3 is 0 Å². The first-order valence-corrected chi connectivity index (χ1v) is 11.3. The number of hydrogen-bond donors (Lipinski definition) is 1. The number of hydrogen-bond acceptors (Lipinski definition) is 6. The van der Waals surface area contributed by atoms with Crippen molar-refractivity contribution in [2.45, 2.75) is 0 Å². The number of carbonyl (C=O) groups is 1. The molecule has 150 valence electrons. The smallest absolute Gasteiger partial charge is 0.286 e. The molecule has 2 aromatic heterocycles. The Balaban J connectivity index is 1.47. The number of carbonyl (C=O) groups excluding carboxylic acids is 1. The number of benzene rings is 2. The first kappa shape index (κ1) is 21.0. The van der Waals surface area contributed by atoms with E-state index in [9.17, 15) is 4.79 Å². The van der Waals surface area contributed by atoms with Crippen molar-refractivity contribution in [1.82, 2.24) is 15.2 Å². The maximum Gasteiger partial charge on any atom is 0.286 e. The number of thiazole rings is 1. The Morgan fingerprint density at radius 1 is 0.933 bits per heavy atom. The van der Waals surface area contributed by atoms with Crippen molar-refractivity contribution in [2.75, 3.05) is 5.32 Å². The Kier molecular flexibility index (Phi) is 6.46. The molecule has 1 amide bonds. The zero-order chi connectivity index (χ0) is 21.1. The average molecular weight is 494 g/mol. The van der Waals surface area contributed by atoms with Gasteiger partial charge in [0.15, 0.2) is 5.01 Å². The van der Waals surface area contributed by atoms with E-state index in [0.717, 1.165) is 21.9 Å². The fraction of sp³-hybridized carbons (Fsp3) is 0. The maximum absolute atomic E-state index is 12.4. The standard InChI is InChI=1S/C20H11Cl3N4OS2/c21-12-3-1-11(2-4-12)18-25-15(10-29-18)9-16(23)19-26-27-20(30-19)17(28)24-14-7-5-13(22)6-8-14/h1-10H,(H,24,28)/b16-9-. The third kappa shape index (κ3) is 5.06. The van der Waals surface area contributed by atoms with Gasteiger partial charge in [-0.3, -0.25) is 4.79 Å². The molecule has 4 aromatic rings.